The summed E-state index contributed by atoms with van der Waals surface area (Å²) in [4.78, 5) is 10.7. The van der Waals surface area contributed by atoms with Crippen LogP contribution in [0.3, 0.4) is 0 Å². The minimum Gasteiger partial charge on any atom is -0.288 e. The molecule has 0 heterocycles. The molecule has 0 unspecified atom stereocenters. The Morgan fingerprint density at radius 3 is 1.80 bits per heavy atom. The predicted octanol–water partition coefficient (Wildman–Crippen LogP) is 3.94. The number of rotatable bonds is 5. The van der Waals surface area contributed by atoms with E-state index in [0.29, 0.717) is 16.2 Å². The van der Waals surface area contributed by atoms with Crippen molar-refractivity contribution in [2.24, 2.45) is 4.76 Å². The molecule has 3 aromatic carbocycles. The van der Waals surface area contributed by atoms with Crippen molar-refractivity contribution in [3.63, 3.8) is 0 Å². The topological polar surface area (TPSA) is 72.6 Å². The molecule has 5 nitrogen and oxygen atoms in total. The van der Waals surface area contributed by atoms with E-state index >= 15 is 0 Å². The van der Waals surface area contributed by atoms with E-state index in [1.165, 1.54) is 12.3 Å². The largest absolute Gasteiger partial charge is 0.288 e. The van der Waals surface area contributed by atoms with E-state index in [-0.39, 0.29) is 5.69 Å². The van der Waals surface area contributed by atoms with Crippen LogP contribution in [-0.4, -0.2) is 11.1 Å². The first-order valence-corrected chi connectivity index (χ1v) is 9.27. The van der Waals surface area contributed by atoms with Gasteiger partial charge < -0.3 is 0 Å². The van der Waals surface area contributed by atoms with Crippen LogP contribution in [0, 0.1) is 10.1 Å². The molecule has 124 valence electrons. The molecular weight excluding hydrogens is 335 g/mol. The smallest absolute Gasteiger partial charge is 0.278 e. The molecule has 0 saturated carbocycles. The van der Waals surface area contributed by atoms with E-state index in [1.54, 1.807) is 66.7 Å². The van der Waals surface area contributed by atoms with Gasteiger partial charge in [0, 0.05) is 22.9 Å². The SMILES string of the molecule is O=[N+]([O-])c1ccccc1/C=N/P(=O)(c1ccccc1)c1ccccc1. The zero-order chi connectivity index (χ0) is 17.7. The Morgan fingerprint density at radius 1 is 0.800 bits per heavy atom. The van der Waals surface area contributed by atoms with E-state index in [2.05, 4.69) is 4.76 Å². The summed E-state index contributed by atoms with van der Waals surface area (Å²) < 4.78 is 18.0. The average Bonchev–Trinajstić information content (AvgIpc) is 2.67. The Balaban J connectivity index is 2.12. The van der Waals surface area contributed by atoms with Gasteiger partial charge in [0.1, 0.15) is 0 Å². The van der Waals surface area contributed by atoms with Gasteiger partial charge in [0.25, 0.3) is 5.69 Å². The summed E-state index contributed by atoms with van der Waals surface area (Å²) in [5.74, 6) is 0. The second-order valence-electron chi connectivity index (χ2n) is 5.31. The second kappa shape index (κ2) is 7.24. The van der Waals surface area contributed by atoms with Crippen molar-refractivity contribution in [1.82, 2.24) is 0 Å². The third-order valence-corrected chi connectivity index (χ3v) is 6.14. The first kappa shape index (κ1) is 16.8. The highest BCUT2D eigenvalue weighted by molar-refractivity contribution is 7.77. The number of nitrogens with zero attached hydrogens (tertiary/aromatic N) is 2. The third kappa shape index (κ3) is 3.57. The van der Waals surface area contributed by atoms with Crippen molar-refractivity contribution >= 4 is 29.8 Å². The van der Waals surface area contributed by atoms with Gasteiger partial charge >= 0.3 is 0 Å². The van der Waals surface area contributed by atoms with Gasteiger partial charge in [0.2, 0.25) is 7.29 Å². The Hall–Kier alpha value is -3.04. The monoisotopic (exact) mass is 350 g/mol. The molecule has 0 spiro atoms. The van der Waals surface area contributed by atoms with Gasteiger partial charge in [0.15, 0.2) is 0 Å². The molecule has 0 atom stereocenters. The van der Waals surface area contributed by atoms with E-state index < -0.39 is 12.2 Å². The average molecular weight is 350 g/mol. The molecule has 0 aromatic heterocycles. The Kier molecular flexibility index (Phi) is 4.87. The lowest BCUT2D eigenvalue weighted by molar-refractivity contribution is -0.385. The molecule has 6 heteroatoms. The molecule has 0 aliphatic heterocycles. The Bertz CT molecular complexity index is 913. The van der Waals surface area contributed by atoms with Crippen LogP contribution in [-0.2, 0) is 4.57 Å². The maximum Gasteiger partial charge on any atom is 0.278 e. The van der Waals surface area contributed by atoms with E-state index in [9.17, 15) is 14.7 Å². The van der Waals surface area contributed by atoms with Gasteiger partial charge in [-0.25, -0.2) is 4.76 Å². The minimum atomic E-state index is -3.29. The van der Waals surface area contributed by atoms with Crippen LogP contribution >= 0.6 is 7.29 Å². The van der Waals surface area contributed by atoms with Gasteiger partial charge in [-0.15, -0.1) is 0 Å². The molecule has 0 aliphatic carbocycles. The summed E-state index contributed by atoms with van der Waals surface area (Å²) in [5, 5.41) is 12.3. The first-order valence-electron chi connectivity index (χ1n) is 7.61. The molecule has 3 rings (SSSR count). The number of benzene rings is 3. The zero-order valence-electron chi connectivity index (χ0n) is 13.2. The van der Waals surface area contributed by atoms with Crippen molar-refractivity contribution in [3.8, 4) is 0 Å². The predicted molar refractivity (Wildman–Crippen MR) is 100 cm³/mol. The lowest BCUT2D eigenvalue weighted by Gasteiger charge is -2.14. The number of hydrogen-bond donors (Lipinski definition) is 0. The number of nitro groups is 1. The van der Waals surface area contributed by atoms with Crippen molar-refractivity contribution in [1.29, 1.82) is 0 Å². The highest BCUT2D eigenvalue weighted by Crippen LogP contribution is 2.44. The van der Waals surface area contributed by atoms with E-state index in [4.69, 9.17) is 0 Å². The minimum absolute atomic E-state index is 0.0704. The van der Waals surface area contributed by atoms with Gasteiger partial charge in [-0.1, -0.05) is 48.5 Å². The molecule has 0 saturated heterocycles. The maximum atomic E-state index is 13.7. The summed E-state index contributed by atoms with van der Waals surface area (Å²) in [5.41, 5.74) is 0.249. The maximum absolute atomic E-state index is 13.7. The molecular formula is C19H15N2O3P. The normalized spacial score (nSPS) is 11.5. The lowest BCUT2D eigenvalue weighted by Crippen LogP contribution is -2.14. The lowest BCUT2D eigenvalue weighted by atomic mass is 10.2. The first-order chi connectivity index (χ1) is 12.1. The zero-order valence-corrected chi connectivity index (χ0v) is 14.1. The van der Waals surface area contributed by atoms with Crippen LogP contribution in [0.25, 0.3) is 0 Å². The fraction of sp³-hybridized carbons (Fsp3) is 0. The van der Waals surface area contributed by atoms with Crippen LogP contribution in [0.5, 0.6) is 0 Å². The molecule has 25 heavy (non-hydrogen) atoms. The highest BCUT2D eigenvalue weighted by atomic mass is 31.2. The molecule has 0 amide bonds. The van der Waals surface area contributed by atoms with Crippen LogP contribution in [0.2, 0.25) is 0 Å². The Labute approximate surface area is 145 Å². The molecule has 0 N–H and O–H groups in total. The van der Waals surface area contributed by atoms with Crippen LogP contribution in [0.15, 0.2) is 89.7 Å². The van der Waals surface area contributed by atoms with Gasteiger partial charge in [0.05, 0.1) is 10.5 Å². The van der Waals surface area contributed by atoms with Crippen LogP contribution in [0.4, 0.5) is 5.69 Å². The van der Waals surface area contributed by atoms with Crippen LogP contribution < -0.4 is 10.6 Å². The molecule has 0 bridgehead atoms. The number of para-hydroxylation sites is 1. The van der Waals surface area contributed by atoms with Crippen molar-refractivity contribution in [2.45, 2.75) is 0 Å². The summed E-state index contributed by atoms with van der Waals surface area (Å²) >= 11 is 0. The van der Waals surface area contributed by atoms with Crippen molar-refractivity contribution in [2.75, 3.05) is 0 Å². The molecule has 3 aromatic rings. The fourth-order valence-electron chi connectivity index (χ4n) is 2.45. The Morgan fingerprint density at radius 2 is 1.28 bits per heavy atom. The standard InChI is InChI=1S/C19H15N2O3P/c22-21(23)19-14-8-7-9-16(19)15-20-25(24,17-10-3-1-4-11-17)18-12-5-2-6-13-18/h1-15H/b20-15+. The summed E-state index contributed by atoms with van der Waals surface area (Å²) in [7, 11) is -3.29. The summed E-state index contributed by atoms with van der Waals surface area (Å²) in [6.07, 6.45) is 1.33. The summed E-state index contributed by atoms with van der Waals surface area (Å²) in [6, 6.07) is 24.1. The molecule has 0 radical (unpaired) electrons. The second-order valence-corrected chi connectivity index (χ2v) is 7.72. The summed E-state index contributed by atoms with van der Waals surface area (Å²) in [6.45, 7) is 0. The van der Waals surface area contributed by atoms with Gasteiger partial charge in [-0.05, 0) is 30.3 Å². The van der Waals surface area contributed by atoms with E-state index in [1.807, 2.05) is 12.1 Å². The fourth-order valence-corrected chi connectivity index (χ4v) is 4.45. The third-order valence-electron chi connectivity index (χ3n) is 3.71. The van der Waals surface area contributed by atoms with E-state index in [0.717, 1.165) is 0 Å². The highest BCUT2D eigenvalue weighted by Gasteiger charge is 2.26. The number of nitro benzene ring substituents is 1. The van der Waals surface area contributed by atoms with Gasteiger partial charge in [-0.3, -0.25) is 14.7 Å². The van der Waals surface area contributed by atoms with Crippen molar-refractivity contribution < 1.29 is 9.49 Å². The quantitative estimate of drug-likeness (QED) is 0.303. The molecule has 0 aliphatic rings. The molecule has 0 fully saturated rings. The number of hydrogen-bond acceptors (Lipinski definition) is 3. The van der Waals surface area contributed by atoms with Crippen LogP contribution in [0.1, 0.15) is 5.56 Å². The van der Waals surface area contributed by atoms with Gasteiger partial charge in [-0.2, -0.15) is 0 Å². The van der Waals surface area contributed by atoms with Crippen molar-refractivity contribution in [3.05, 3.63) is 101 Å².